The van der Waals surface area contributed by atoms with Crippen molar-refractivity contribution in [1.82, 2.24) is 10.4 Å². The topological polar surface area (TPSA) is 64.1 Å². The molecule has 16 heavy (non-hydrogen) atoms. The monoisotopic (exact) mass is 345 g/mol. The minimum atomic E-state index is -0.266. The van der Waals surface area contributed by atoms with Gasteiger partial charge >= 0.3 is 0 Å². The first-order valence-corrected chi connectivity index (χ1v) is 6.11. The van der Waals surface area contributed by atoms with E-state index < -0.39 is 0 Å². The molecule has 0 bridgehead atoms. The molecular weight excluding hydrogens is 338 g/mol. The number of furan rings is 1. The summed E-state index contributed by atoms with van der Waals surface area (Å²) < 4.78 is 7.14. The predicted octanol–water partition coefficient (Wildman–Crippen LogP) is 2.75. The molecule has 2 aromatic heterocycles. The van der Waals surface area contributed by atoms with Gasteiger partial charge in [-0.2, -0.15) is 0 Å². The van der Waals surface area contributed by atoms with E-state index in [1.54, 1.807) is 12.5 Å². The Labute approximate surface area is 109 Å². The molecule has 4 nitrogen and oxygen atoms in total. The van der Waals surface area contributed by atoms with E-state index in [0.717, 1.165) is 14.6 Å². The maximum absolute atomic E-state index is 5.52. The molecule has 2 heterocycles. The fourth-order valence-corrected chi connectivity index (χ4v) is 2.03. The summed E-state index contributed by atoms with van der Waals surface area (Å²) in [5, 5.41) is 0. The van der Waals surface area contributed by atoms with Gasteiger partial charge in [0.25, 0.3) is 0 Å². The molecule has 1 unspecified atom stereocenters. The third-order valence-corrected chi connectivity index (χ3v) is 3.24. The van der Waals surface area contributed by atoms with E-state index in [1.165, 1.54) is 0 Å². The van der Waals surface area contributed by atoms with E-state index in [9.17, 15) is 0 Å². The second-order valence-corrected chi connectivity index (χ2v) is 4.90. The summed E-state index contributed by atoms with van der Waals surface area (Å²) >= 11 is 6.73. The van der Waals surface area contributed by atoms with Crippen LogP contribution in [0.3, 0.4) is 0 Å². The van der Waals surface area contributed by atoms with Crippen LogP contribution in [0, 0.1) is 0 Å². The quantitative estimate of drug-likeness (QED) is 0.662. The van der Waals surface area contributed by atoms with Crippen LogP contribution in [0.1, 0.15) is 17.5 Å². The summed E-state index contributed by atoms with van der Waals surface area (Å²) in [4.78, 5) is 4.28. The lowest BCUT2D eigenvalue weighted by atomic mass is 10.1. The molecule has 0 aliphatic rings. The third kappa shape index (κ3) is 2.35. The van der Waals surface area contributed by atoms with Crippen molar-refractivity contribution in [2.24, 2.45) is 5.84 Å². The molecule has 0 amide bonds. The van der Waals surface area contributed by atoms with Crippen molar-refractivity contribution >= 4 is 31.9 Å². The number of nitrogens with two attached hydrogens (primary N) is 1. The Kier molecular flexibility index (Phi) is 3.75. The molecule has 0 fully saturated rings. The number of aromatic nitrogens is 1. The summed E-state index contributed by atoms with van der Waals surface area (Å²) in [5.74, 6) is 6.23. The van der Waals surface area contributed by atoms with Gasteiger partial charge in [-0.25, -0.2) is 5.43 Å². The fourth-order valence-electron chi connectivity index (χ4n) is 1.36. The van der Waals surface area contributed by atoms with Crippen LogP contribution in [0.5, 0.6) is 0 Å². The molecule has 0 aromatic carbocycles. The highest BCUT2D eigenvalue weighted by Gasteiger charge is 2.19. The minimum absolute atomic E-state index is 0.266. The molecular formula is C10H9Br2N3O. The van der Waals surface area contributed by atoms with Crippen molar-refractivity contribution in [3.05, 3.63) is 51.1 Å². The second kappa shape index (κ2) is 5.09. The number of pyridine rings is 1. The average molecular weight is 347 g/mol. The van der Waals surface area contributed by atoms with Crippen molar-refractivity contribution < 1.29 is 4.42 Å². The van der Waals surface area contributed by atoms with Crippen LogP contribution in [0.2, 0.25) is 0 Å². The Morgan fingerprint density at radius 2 is 2.12 bits per heavy atom. The molecule has 0 spiro atoms. The summed E-state index contributed by atoms with van der Waals surface area (Å²) in [7, 11) is 0. The van der Waals surface area contributed by atoms with E-state index in [1.807, 2.05) is 18.2 Å². The van der Waals surface area contributed by atoms with Gasteiger partial charge in [0.2, 0.25) is 0 Å². The van der Waals surface area contributed by atoms with Gasteiger partial charge in [0.05, 0.1) is 16.4 Å². The zero-order valence-corrected chi connectivity index (χ0v) is 11.3. The number of nitrogens with zero attached hydrogens (tertiary/aromatic N) is 1. The first kappa shape index (κ1) is 11.8. The third-order valence-electron chi connectivity index (χ3n) is 2.12. The van der Waals surface area contributed by atoms with Gasteiger partial charge < -0.3 is 4.42 Å². The van der Waals surface area contributed by atoms with Gasteiger partial charge in [0, 0.05) is 10.7 Å². The summed E-state index contributed by atoms with van der Waals surface area (Å²) in [6.45, 7) is 0. The number of hydrogen-bond acceptors (Lipinski definition) is 4. The predicted molar refractivity (Wildman–Crippen MR) is 67.5 cm³/mol. The molecule has 0 radical (unpaired) electrons. The molecule has 1 atom stereocenters. The van der Waals surface area contributed by atoms with Gasteiger partial charge in [-0.1, -0.05) is 0 Å². The molecule has 2 aromatic rings. The maximum atomic E-state index is 5.52. The van der Waals surface area contributed by atoms with Crippen molar-refractivity contribution in [2.45, 2.75) is 6.04 Å². The van der Waals surface area contributed by atoms with Crippen LogP contribution in [-0.4, -0.2) is 4.98 Å². The maximum Gasteiger partial charge on any atom is 0.142 e. The van der Waals surface area contributed by atoms with Crippen LogP contribution in [-0.2, 0) is 0 Å². The zero-order chi connectivity index (χ0) is 11.5. The van der Waals surface area contributed by atoms with Crippen LogP contribution < -0.4 is 11.3 Å². The SMILES string of the molecule is NNC(c1ccc(Br)cn1)c1occc1Br. The van der Waals surface area contributed by atoms with Crippen molar-refractivity contribution in [1.29, 1.82) is 0 Å². The molecule has 2 rings (SSSR count). The van der Waals surface area contributed by atoms with Crippen molar-refractivity contribution in [3.8, 4) is 0 Å². The molecule has 84 valence electrons. The molecule has 6 heteroatoms. The lowest BCUT2D eigenvalue weighted by Gasteiger charge is -2.13. The van der Waals surface area contributed by atoms with E-state index >= 15 is 0 Å². The fraction of sp³-hybridized carbons (Fsp3) is 0.100. The lowest BCUT2D eigenvalue weighted by molar-refractivity contribution is 0.445. The van der Waals surface area contributed by atoms with E-state index in [2.05, 4.69) is 42.3 Å². The van der Waals surface area contributed by atoms with E-state index in [4.69, 9.17) is 10.3 Å². The Bertz CT molecular complexity index is 469. The van der Waals surface area contributed by atoms with E-state index in [0.29, 0.717) is 5.76 Å². The Balaban J connectivity index is 2.37. The molecule has 0 aliphatic carbocycles. The van der Waals surface area contributed by atoms with Crippen LogP contribution in [0.15, 0.2) is 44.0 Å². The highest BCUT2D eigenvalue weighted by molar-refractivity contribution is 9.10. The number of hydrogen-bond donors (Lipinski definition) is 2. The Hall–Kier alpha value is -0.690. The first-order valence-electron chi connectivity index (χ1n) is 4.53. The standard InChI is InChI=1S/C10H9Br2N3O/c11-6-1-2-8(14-5-6)9(15-13)10-7(12)3-4-16-10/h1-5,9,15H,13H2. The summed E-state index contributed by atoms with van der Waals surface area (Å²) in [6, 6.07) is 5.34. The molecule has 0 aliphatic heterocycles. The Morgan fingerprint density at radius 3 is 2.62 bits per heavy atom. The van der Waals surface area contributed by atoms with Crippen LogP contribution >= 0.6 is 31.9 Å². The van der Waals surface area contributed by atoms with Crippen LogP contribution in [0.25, 0.3) is 0 Å². The summed E-state index contributed by atoms with van der Waals surface area (Å²) in [5.41, 5.74) is 3.47. The largest absolute Gasteiger partial charge is 0.466 e. The highest BCUT2D eigenvalue weighted by Crippen LogP contribution is 2.28. The van der Waals surface area contributed by atoms with Crippen molar-refractivity contribution in [2.75, 3.05) is 0 Å². The number of halogens is 2. The van der Waals surface area contributed by atoms with Crippen LogP contribution in [0.4, 0.5) is 0 Å². The first-order chi connectivity index (χ1) is 7.72. The highest BCUT2D eigenvalue weighted by atomic mass is 79.9. The lowest BCUT2D eigenvalue weighted by Crippen LogP contribution is -2.29. The van der Waals surface area contributed by atoms with Gasteiger partial charge in [-0.15, -0.1) is 0 Å². The molecule has 0 saturated carbocycles. The van der Waals surface area contributed by atoms with Gasteiger partial charge in [-0.3, -0.25) is 10.8 Å². The number of rotatable bonds is 3. The van der Waals surface area contributed by atoms with Gasteiger partial charge in [0.1, 0.15) is 11.8 Å². The van der Waals surface area contributed by atoms with Gasteiger partial charge in [0.15, 0.2) is 0 Å². The molecule has 3 N–H and O–H groups in total. The number of hydrazine groups is 1. The zero-order valence-electron chi connectivity index (χ0n) is 8.15. The molecule has 0 saturated heterocycles. The number of nitrogens with one attached hydrogen (secondary N) is 1. The minimum Gasteiger partial charge on any atom is -0.466 e. The normalized spacial score (nSPS) is 12.7. The Morgan fingerprint density at radius 1 is 1.31 bits per heavy atom. The summed E-state index contributed by atoms with van der Waals surface area (Å²) in [6.07, 6.45) is 3.32. The average Bonchev–Trinajstić information content (AvgIpc) is 2.69. The second-order valence-electron chi connectivity index (χ2n) is 3.13. The van der Waals surface area contributed by atoms with E-state index in [-0.39, 0.29) is 6.04 Å². The smallest absolute Gasteiger partial charge is 0.142 e. The van der Waals surface area contributed by atoms with Gasteiger partial charge in [-0.05, 0) is 50.1 Å². The van der Waals surface area contributed by atoms with Crippen molar-refractivity contribution in [3.63, 3.8) is 0 Å².